The lowest BCUT2D eigenvalue weighted by atomic mass is 10.3. The molecule has 0 aromatic heterocycles. The molecule has 1 unspecified atom stereocenters. The molecule has 3 atom stereocenters. The molecule has 0 bridgehead atoms. The summed E-state index contributed by atoms with van der Waals surface area (Å²) in [5, 5.41) is 12.1. The molecule has 5 nitrogen and oxygen atoms in total. The lowest BCUT2D eigenvalue weighted by molar-refractivity contribution is -0.145. The van der Waals surface area contributed by atoms with E-state index in [2.05, 4.69) is 11.2 Å². The summed E-state index contributed by atoms with van der Waals surface area (Å²) >= 11 is 0. The molecular weight excluding hydrogens is 210 g/mol. The molecule has 0 spiro atoms. The molecule has 2 N–H and O–H groups in total. The van der Waals surface area contributed by atoms with Crippen molar-refractivity contribution in [1.29, 1.82) is 0 Å². The van der Waals surface area contributed by atoms with Crippen molar-refractivity contribution in [2.24, 2.45) is 0 Å². The summed E-state index contributed by atoms with van der Waals surface area (Å²) in [4.78, 5) is 11.3. The Morgan fingerprint density at radius 1 is 1.75 bits per heavy atom. The third-order valence-electron chi connectivity index (χ3n) is 2.22. The van der Waals surface area contributed by atoms with Crippen LogP contribution in [-0.4, -0.2) is 42.7 Å². The molecule has 0 amide bonds. The summed E-state index contributed by atoms with van der Waals surface area (Å²) in [7, 11) is 0. The normalized spacial score (nSPS) is 24.6. The Bertz CT molecular complexity index is 274. The number of hydrogen-bond donors (Lipinski definition) is 2. The van der Waals surface area contributed by atoms with Crippen molar-refractivity contribution in [2.75, 3.05) is 13.2 Å². The molecule has 0 aromatic rings. The van der Waals surface area contributed by atoms with Crippen LogP contribution < -0.4 is 5.32 Å². The molecule has 0 radical (unpaired) electrons. The average Bonchev–Trinajstić information content (AvgIpc) is 3.06. The van der Waals surface area contributed by atoms with Gasteiger partial charge in [0.05, 0.1) is 13.2 Å². The van der Waals surface area contributed by atoms with Gasteiger partial charge in [0.25, 0.3) is 0 Å². The van der Waals surface area contributed by atoms with Crippen LogP contribution in [0.2, 0.25) is 0 Å². The second-order valence-corrected chi connectivity index (χ2v) is 3.57. The number of esters is 1. The highest BCUT2D eigenvalue weighted by Gasteiger charge is 2.50. The van der Waals surface area contributed by atoms with E-state index in [1.54, 1.807) is 0 Å². The van der Waals surface area contributed by atoms with Gasteiger partial charge < -0.3 is 14.6 Å². The van der Waals surface area contributed by atoms with E-state index in [1.807, 2.05) is 6.92 Å². The van der Waals surface area contributed by atoms with Crippen molar-refractivity contribution in [3.63, 3.8) is 0 Å². The molecule has 1 fully saturated rings. The van der Waals surface area contributed by atoms with E-state index in [0.717, 1.165) is 12.8 Å². The Kier molecular flexibility index (Phi) is 5.26. The minimum atomic E-state index is -0.917. The number of epoxide rings is 1. The Morgan fingerprint density at radius 2 is 2.50 bits per heavy atom. The summed E-state index contributed by atoms with van der Waals surface area (Å²) in [6, 6.07) is 0. The molecular formula is C11H17NO4. The number of ether oxygens (including phenoxy) is 2. The number of aliphatic hydroxyl groups is 1. The van der Waals surface area contributed by atoms with E-state index >= 15 is 0 Å². The van der Waals surface area contributed by atoms with Gasteiger partial charge in [0.15, 0.2) is 6.10 Å². The van der Waals surface area contributed by atoms with Gasteiger partial charge in [-0.05, 0) is 6.42 Å². The van der Waals surface area contributed by atoms with Gasteiger partial charge in [0, 0.05) is 0 Å². The summed E-state index contributed by atoms with van der Waals surface area (Å²) < 4.78 is 9.96. The summed E-state index contributed by atoms with van der Waals surface area (Å²) in [6.45, 7) is 2.65. The average molecular weight is 227 g/mol. The van der Waals surface area contributed by atoms with E-state index in [-0.39, 0.29) is 6.54 Å². The van der Waals surface area contributed by atoms with Gasteiger partial charge in [0.1, 0.15) is 12.3 Å². The third kappa shape index (κ3) is 3.81. The number of carbonyl (C=O) groups is 1. The minimum Gasteiger partial charge on any atom is -0.464 e. The zero-order valence-electron chi connectivity index (χ0n) is 9.31. The highest BCUT2D eigenvalue weighted by molar-refractivity contribution is 5.78. The summed E-state index contributed by atoms with van der Waals surface area (Å²) in [5.74, 6) is 1.91. The van der Waals surface area contributed by atoms with Crippen molar-refractivity contribution in [3.05, 3.63) is 0 Å². The van der Waals surface area contributed by atoms with E-state index in [4.69, 9.17) is 15.9 Å². The first kappa shape index (κ1) is 13.0. The quantitative estimate of drug-likeness (QED) is 0.204. The van der Waals surface area contributed by atoms with Gasteiger partial charge in [0.2, 0.25) is 0 Å². The van der Waals surface area contributed by atoms with Gasteiger partial charge in [-0.3, -0.25) is 5.32 Å². The van der Waals surface area contributed by atoms with Gasteiger partial charge in [-0.2, -0.15) is 0 Å². The first-order chi connectivity index (χ1) is 7.70. The standard InChI is InChI=1S/C11H17NO4/c1-3-5-7-15-11(14)9-8(16-9)10(13)12-6-4-2/h2,8-10,12-13H,3,5-7H2,1H3/t8-,9-,10?/m1/s1. The van der Waals surface area contributed by atoms with Crippen molar-refractivity contribution in [1.82, 2.24) is 5.32 Å². The topological polar surface area (TPSA) is 71.1 Å². The van der Waals surface area contributed by atoms with Crippen LogP contribution in [0, 0.1) is 12.3 Å². The van der Waals surface area contributed by atoms with Crippen LogP contribution in [0.15, 0.2) is 0 Å². The maximum absolute atomic E-state index is 11.3. The zero-order chi connectivity index (χ0) is 12.0. The molecule has 1 rings (SSSR count). The van der Waals surface area contributed by atoms with Gasteiger partial charge in [-0.1, -0.05) is 19.3 Å². The molecule has 1 aliphatic rings. The molecule has 0 aromatic carbocycles. The predicted molar refractivity (Wildman–Crippen MR) is 57.4 cm³/mol. The summed E-state index contributed by atoms with van der Waals surface area (Å²) in [5.41, 5.74) is 0. The molecule has 1 saturated heterocycles. The lowest BCUT2D eigenvalue weighted by Gasteiger charge is -2.06. The maximum Gasteiger partial charge on any atom is 0.338 e. The largest absolute Gasteiger partial charge is 0.464 e. The second-order valence-electron chi connectivity index (χ2n) is 3.57. The number of hydrogen-bond acceptors (Lipinski definition) is 5. The smallest absolute Gasteiger partial charge is 0.338 e. The van der Waals surface area contributed by atoms with Crippen LogP contribution in [0.25, 0.3) is 0 Å². The molecule has 0 saturated carbocycles. The molecule has 90 valence electrons. The Labute approximate surface area is 95.1 Å². The van der Waals surface area contributed by atoms with Gasteiger partial charge >= 0.3 is 5.97 Å². The number of nitrogens with one attached hydrogen (secondary N) is 1. The summed E-state index contributed by atoms with van der Waals surface area (Å²) in [6.07, 6.45) is 4.71. The minimum absolute atomic E-state index is 0.235. The van der Waals surface area contributed by atoms with Crippen molar-refractivity contribution >= 4 is 5.97 Å². The molecule has 0 aliphatic carbocycles. The predicted octanol–water partition coefficient (Wildman–Crippen LogP) is -0.362. The Hall–Kier alpha value is -1.09. The number of aliphatic hydroxyl groups excluding tert-OH is 1. The van der Waals surface area contributed by atoms with Crippen molar-refractivity contribution in [3.8, 4) is 12.3 Å². The number of carbonyl (C=O) groups excluding carboxylic acids is 1. The molecule has 1 aliphatic heterocycles. The van der Waals surface area contributed by atoms with Gasteiger partial charge in [-0.15, -0.1) is 6.42 Å². The van der Waals surface area contributed by atoms with Crippen LogP contribution in [0.3, 0.4) is 0 Å². The number of rotatable bonds is 7. The first-order valence-corrected chi connectivity index (χ1v) is 5.37. The highest BCUT2D eigenvalue weighted by atomic mass is 16.6. The van der Waals surface area contributed by atoms with Crippen LogP contribution in [0.5, 0.6) is 0 Å². The second kappa shape index (κ2) is 6.48. The van der Waals surface area contributed by atoms with E-state index in [1.165, 1.54) is 0 Å². The Morgan fingerprint density at radius 3 is 3.12 bits per heavy atom. The highest BCUT2D eigenvalue weighted by Crippen LogP contribution is 2.25. The zero-order valence-corrected chi connectivity index (χ0v) is 9.31. The fourth-order valence-electron chi connectivity index (χ4n) is 1.23. The molecule has 1 heterocycles. The van der Waals surface area contributed by atoms with E-state index < -0.39 is 24.4 Å². The number of terminal acetylenes is 1. The molecule has 5 heteroatoms. The van der Waals surface area contributed by atoms with Crippen LogP contribution in [-0.2, 0) is 14.3 Å². The third-order valence-corrected chi connectivity index (χ3v) is 2.22. The van der Waals surface area contributed by atoms with Crippen molar-refractivity contribution in [2.45, 2.75) is 38.2 Å². The first-order valence-electron chi connectivity index (χ1n) is 5.37. The molecule has 16 heavy (non-hydrogen) atoms. The maximum atomic E-state index is 11.3. The SMILES string of the molecule is C#CCNC(O)[C@@H]1O[C@H]1C(=O)OCCCC. The van der Waals surface area contributed by atoms with E-state index in [9.17, 15) is 9.90 Å². The van der Waals surface area contributed by atoms with Gasteiger partial charge in [-0.25, -0.2) is 4.79 Å². The van der Waals surface area contributed by atoms with E-state index in [0.29, 0.717) is 6.61 Å². The van der Waals surface area contributed by atoms with Crippen LogP contribution in [0.4, 0.5) is 0 Å². The fraction of sp³-hybridized carbons (Fsp3) is 0.727. The lowest BCUT2D eigenvalue weighted by Crippen LogP contribution is -2.36. The monoisotopic (exact) mass is 227 g/mol. The van der Waals surface area contributed by atoms with Crippen LogP contribution >= 0.6 is 0 Å². The van der Waals surface area contributed by atoms with Crippen molar-refractivity contribution < 1.29 is 19.4 Å². The van der Waals surface area contributed by atoms with Crippen LogP contribution in [0.1, 0.15) is 19.8 Å². The Balaban J connectivity index is 2.17. The number of unbranched alkanes of at least 4 members (excludes halogenated alkanes) is 1. The fourth-order valence-corrected chi connectivity index (χ4v) is 1.23.